The number of nitrogens with zero attached hydrogens (tertiary/aromatic N) is 1. The highest BCUT2D eigenvalue weighted by atomic mass is 35.7. The Morgan fingerprint density at radius 1 is 1.07 bits per heavy atom. The first-order valence-corrected chi connectivity index (χ1v) is 11.5. The van der Waals surface area contributed by atoms with Crippen molar-refractivity contribution in [3.63, 3.8) is 0 Å². The van der Waals surface area contributed by atoms with E-state index in [0.717, 1.165) is 19.5 Å². The van der Waals surface area contributed by atoms with Crippen LogP contribution in [0.25, 0.3) is 10.8 Å². The Morgan fingerprint density at radius 3 is 2.22 bits per heavy atom. The van der Waals surface area contributed by atoms with Crippen molar-refractivity contribution in [2.75, 3.05) is 18.4 Å². The summed E-state index contributed by atoms with van der Waals surface area (Å²) in [5.74, 6) is 0.292. The molecule has 0 fully saturated rings. The predicted octanol–water partition coefficient (Wildman–Crippen LogP) is 4.46. The molecule has 0 aliphatic heterocycles. The number of nitrogens with one attached hydrogen (secondary N) is 1. The van der Waals surface area contributed by atoms with Crippen molar-refractivity contribution in [1.29, 1.82) is 0 Å². The van der Waals surface area contributed by atoms with E-state index >= 15 is 0 Å². The second-order valence-electron chi connectivity index (χ2n) is 6.95. The minimum Gasteiger partial charge on any atom is -0.324 e. The summed E-state index contributed by atoms with van der Waals surface area (Å²) in [7, 11) is 1.68. The van der Waals surface area contributed by atoms with Crippen LogP contribution in [0.3, 0.4) is 0 Å². The highest BCUT2D eigenvalue weighted by molar-refractivity contribution is 8.14. The second kappa shape index (κ2) is 9.04. The fourth-order valence-electron chi connectivity index (χ4n) is 3.35. The van der Waals surface area contributed by atoms with Gasteiger partial charge in [-0.05, 0) is 37.6 Å². The van der Waals surface area contributed by atoms with Crippen molar-refractivity contribution in [3.8, 4) is 0 Å². The van der Waals surface area contributed by atoms with E-state index in [1.807, 2.05) is 13.8 Å². The van der Waals surface area contributed by atoms with Gasteiger partial charge in [-0.25, -0.2) is 8.42 Å². The number of amides is 1. The summed E-state index contributed by atoms with van der Waals surface area (Å²) in [6.07, 6.45) is 0.750. The number of hydrogen-bond acceptors (Lipinski definition) is 4. The molecule has 0 radical (unpaired) electrons. The van der Waals surface area contributed by atoms with Gasteiger partial charge in [0, 0.05) is 27.1 Å². The normalized spacial score (nSPS) is 13.3. The van der Waals surface area contributed by atoms with Crippen LogP contribution in [0, 0.1) is 5.92 Å². The van der Waals surface area contributed by atoms with Crippen LogP contribution in [0.15, 0.2) is 41.3 Å². The molecule has 0 heterocycles. The Labute approximate surface area is 166 Å². The van der Waals surface area contributed by atoms with Crippen LogP contribution in [0.2, 0.25) is 0 Å². The Bertz CT molecular complexity index is 909. The third-order valence-electron chi connectivity index (χ3n) is 4.65. The number of hydrogen-bond donors (Lipinski definition) is 1. The number of halogens is 1. The molecule has 0 aliphatic carbocycles. The quantitative estimate of drug-likeness (QED) is 0.652. The lowest BCUT2D eigenvalue weighted by atomic mass is 10.0. The van der Waals surface area contributed by atoms with E-state index in [9.17, 15) is 13.2 Å². The minimum atomic E-state index is -3.88. The Morgan fingerprint density at radius 2 is 1.67 bits per heavy atom. The number of anilines is 1. The summed E-state index contributed by atoms with van der Waals surface area (Å²) >= 11 is 0. The molecule has 2 aromatic carbocycles. The van der Waals surface area contributed by atoms with E-state index in [4.69, 9.17) is 10.7 Å². The molecule has 0 spiro atoms. The van der Waals surface area contributed by atoms with Gasteiger partial charge < -0.3 is 5.32 Å². The SMILES string of the molecule is CCN(CC)C(CC(C)C)C(=O)Nc1cccc2c(S(=O)(=O)Cl)cccc12. The van der Waals surface area contributed by atoms with Gasteiger partial charge in [-0.2, -0.15) is 0 Å². The maximum atomic E-state index is 13.0. The van der Waals surface area contributed by atoms with Crippen molar-refractivity contribution in [3.05, 3.63) is 36.4 Å². The molecule has 0 aromatic heterocycles. The second-order valence-corrected chi connectivity index (χ2v) is 9.48. The molecular weight excluding hydrogens is 384 g/mol. The fourth-order valence-corrected chi connectivity index (χ4v) is 4.44. The summed E-state index contributed by atoms with van der Waals surface area (Å²) in [6, 6.07) is 9.83. The number of carbonyl (C=O) groups excluding carboxylic acids is 1. The largest absolute Gasteiger partial charge is 0.324 e. The molecule has 0 aliphatic rings. The monoisotopic (exact) mass is 410 g/mol. The van der Waals surface area contributed by atoms with Crippen molar-refractivity contribution in [2.45, 2.75) is 45.1 Å². The number of fused-ring (bicyclic) bond motifs is 1. The van der Waals surface area contributed by atoms with Crippen molar-refractivity contribution in [1.82, 2.24) is 4.90 Å². The zero-order chi connectivity index (χ0) is 20.2. The molecule has 1 atom stereocenters. The maximum Gasteiger partial charge on any atom is 0.261 e. The molecule has 1 N–H and O–H groups in total. The van der Waals surface area contributed by atoms with E-state index in [0.29, 0.717) is 22.4 Å². The number of likely N-dealkylation sites (N-methyl/N-ethyl adjacent to an activating group) is 1. The molecule has 0 saturated heterocycles. The molecule has 0 saturated carbocycles. The van der Waals surface area contributed by atoms with Crippen LogP contribution in [-0.2, 0) is 13.8 Å². The van der Waals surface area contributed by atoms with E-state index < -0.39 is 9.05 Å². The van der Waals surface area contributed by atoms with Gasteiger partial charge in [0.1, 0.15) is 0 Å². The third-order valence-corrected chi connectivity index (χ3v) is 6.03. The smallest absolute Gasteiger partial charge is 0.261 e. The number of benzene rings is 2. The first-order chi connectivity index (χ1) is 12.7. The summed E-state index contributed by atoms with van der Waals surface area (Å²) < 4.78 is 23.7. The summed E-state index contributed by atoms with van der Waals surface area (Å²) in [4.78, 5) is 15.2. The minimum absolute atomic E-state index is 0.0419. The van der Waals surface area contributed by atoms with Gasteiger partial charge in [-0.3, -0.25) is 9.69 Å². The van der Waals surface area contributed by atoms with Gasteiger partial charge in [0.15, 0.2) is 0 Å². The highest BCUT2D eigenvalue weighted by Gasteiger charge is 2.25. The highest BCUT2D eigenvalue weighted by Crippen LogP contribution is 2.30. The number of rotatable bonds is 8. The van der Waals surface area contributed by atoms with Gasteiger partial charge >= 0.3 is 0 Å². The fraction of sp³-hybridized carbons (Fsp3) is 0.450. The lowest BCUT2D eigenvalue weighted by Gasteiger charge is -2.30. The molecule has 0 bridgehead atoms. The molecular formula is C20H27ClN2O3S. The van der Waals surface area contributed by atoms with Crippen LogP contribution >= 0.6 is 10.7 Å². The summed E-state index contributed by atoms with van der Waals surface area (Å²) in [6.45, 7) is 9.84. The van der Waals surface area contributed by atoms with Crippen LogP contribution in [-0.4, -0.2) is 38.4 Å². The van der Waals surface area contributed by atoms with E-state index in [1.54, 1.807) is 30.3 Å². The topological polar surface area (TPSA) is 66.5 Å². The van der Waals surface area contributed by atoms with Gasteiger partial charge in [-0.1, -0.05) is 52.0 Å². The Balaban J connectivity index is 2.43. The molecule has 27 heavy (non-hydrogen) atoms. The average Bonchev–Trinajstić information content (AvgIpc) is 2.60. The zero-order valence-electron chi connectivity index (χ0n) is 16.2. The molecule has 148 valence electrons. The van der Waals surface area contributed by atoms with Gasteiger partial charge in [0.2, 0.25) is 5.91 Å². The zero-order valence-corrected chi connectivity index (χ0v) is 17.8. The van der Waals surface area contributed by atoms with E-state index in [1.165, 1.54) is 6.07 Å². The van der Waals surface area contributed by atoms with Crippen molar-refractivity contribution in [2.24, 2.45) is 5.92 Å². The van der Waals surface area contributed by atoms with Crippen LogP contribution in [0.5, 0.6) is 0 Å². The Kier molecular flexibility index (Phi) is 7.25. The van der Waals surface area contributed by atoms with Crippen molar-refractivity contribution < 1.29 is 13.2 Å². The summed E-state index contributed by atoms with van der Waals surface area (Å²) in [5.41, 5.74) is 0.584. The Hall–Kier alpha value is -1.63. The standard InChI is InChI=1S/C20H27ClN2O3S/c1-5-23(6-2)18(13-14(3)4)20(24)22-17-11-7-10-16-15(17)9-8-12-19(16)27(21,25)26/h7-12,14,18H,5-6,13H2,1-4H3,(H,22,24). The first kappa shape index (κ1) is 21.7. The predicted molar refractivity (Wildman–Crippen MR) is 112 cm³/mol. The maximum absolute atomic E-state index is 13.0. The lowest BCUT2D eigenvalue weighted by molar-refractivity contribution is -0.121. The first-order valence-electron chi connectivity index (χ1n) is 9.20. The molecule has 1 amide bonds. The summed E-state index contributed by atoms with van der Waals surface area (Å²) in [5, 5.41) is 4.14. The van der Waals surface area contributed by atoms with Gasteiger partial charge in [-0.15, -0.1) is 0 Å². The van der Waals surface area contributed by atoms with Crippen LogP contribution in [0.4, 0.5) is 5.69 Å². The third kappa shape index (κ3) is 5.21. The average molecular weight is 411 g/mol. The molecule has 7 heteroatoms. The van der Waals surface area contributed by atoms with E-state index in [-0.39, 0.29) is 16.8 Å². The molecule has 2 rings (SSSR count). The molecule has 1 unspecified atom stereocenters. The van der Waals surface area contributed by atoms with Gasteiger partial charge in [0.25, 0.3) is 9.05 Å². The van der Waals surface area contributed by atoms with E-state index in [2.05, 4.69) is 24.1 Å². The number of carbonyl (C=O) groups is 1. The van der Waals surface area contributed by atoms with Gasteiger partial charge in [0.05, 0.1) is 10.9 Å². The van der Waals surface area contributed by atoms with Crippen LogP contribution < -0.4 is 5.32 Å². The molecule has 5 nitrogen and oxygen atoms in total. The lowest BCUT2D eigenvalue weighted by Crippen LogP contribution is -2.44. The molecule has 2 aromatic rings. The van der Waals surface area contributed by atoms with Crippen LogP contribution in [0.1, 0.15) is 34.1 Å². The van der Waals surface area contributed by atoms with Crippen molar-refractivity contribution >= 4 is 42.1 Å².